The van der Waals surface area contributed by atoms with Crippen LogP contribution in [0.3, 0.4) is 0 Å². The summed E-state index contributed by atoms with van der Waals surface area (Å²) in [6.45, 7) is 7.50. The lowest BCUT2D eigenvalue weighted by atomic mass is 9.78. The Labute approximate surface area is 176 Å². The normalized spacial score (nSPS) is 11.2. The van der Waals surface area contributed by atoms with Crippen LogP contribution in [0.2, 0.25) is 0 Å². The third-order valence-electron chi connectivity index (χ3n) is 5.98. The molecule has 5 N–H and O–H groups in total. The summed E-state index contributed by atoms with van der Waals surface area (Å²) in [5, 5.41) is 9.43. The minimum atomic E-state index is -0.595. The number of hydrogen-bond donors (Lipinski definition) is 3. The summed E-state index contributed by atoms with van der Waals surface area (Å²) >= 11 is 0. The van der Waals surface area contributed by atoms with E-state index in [1.165, 1.54) is 83.5 Å². The van der Waals surface area contributed by atoms with Gasteiger partial charge in [-0.25, -0.2) is 0 Å². The Kier molecular flexibility index (Phi) is 24.0. The fourth-order valence-electron chi connectivity index (χ4n) is 3.67. The number of carboxylic acid groups (broad SMARTS) is 1. The number of hydrogen-bond acceptors (Lipinski definition) is 3. The van der Waals surface area contributed by atoms with E-state index in [9.17, 15) is 9.90 Å². The molecule has 0 bridgehead atoms. The molecule has 0 aliphatic rings. The molecule has 0 amide bonds. The van der Waals surface area contributed by atoms with Crippen molar-refractivity contribution >= 4 is 5.97 Å². The van der Waals surface area contributed by atoms with E-state index in [1.807, 2.05) is 13.8 Å². The summed E-state index contributed by atoms with van der Waals surface area (Å²) in [5.74, 6) is -0.595. The average molecular weight is 401 g/mol. The number of rotatable bonds is 19. The smallest absolute Gasteiger partial charge is 0.309 e. The van der Waals surface area contributed by atoms with Crippen LogP contribution in [0.25, 0.3) is 0 Å². The lowest BCUT2D eigenvalue weighted by molar-refractivity contribution is -0.150. The van der Waals surface area contributed by atoms with Crippen molar-refractivity contribution in [2.75, 3.05) is 13.1 Å². The van der Waals surface area contributed by atoms with Gasteiger partial charge < -0.3 is 16.6 Å². The van der Waals surface area contributed by atoms with Crippen LogP contribution in [0.4, 0.5) is 0 Å². The van der Waals surface area contributed by atoms with Crippen LogP contribution in [-0.2, 0) is 4.79 Å². The second kappa shape index (κ2) is 22.7. The van der Waals surface area contributed by atoms with Gasteiger partial charge in [0.1, 0.15) is 0 Å². The maximum Gasteiger partial charge on any atom is 0.309 e. The average Bonchev–Trinajstić information content (AvgIpc) is 2.71. The van der Waals surface area contributed by atoms with Crippen LogP contribution >= 0.6 is 0 Å². The Bertz CT molecular complexity index is 316. The molecule has 4 nitrogen and oxygen atoms in total. The van der Waals surface area contributed by atoms with E-state index < -0.39 is 11.4 Å². The van der Waals surface area contributed by atoms with Crippen LogP contribution in [0.1, 0.15) is 130 Å². The summed E-state index contributed by atoms with van der Waals surface area (Å²) in [6.07, 6.45) is 21.3. The van der Waals surface area contributed by atoms with E-state index in [4.69, 9.17) is 11.5 Å². The van der Waals surface area contributed by atoms with Gasteiger partial charge in [-0.3, -0.25) is 4.79 Å². The molecule has 0 saturated heterocycles. The highest BCUT2D eigenvalue weighted by atomic mass is 16.4. The first-order valence-electron chi connectivity index (χ1n) is 12.2. The molecule has 0 rings (SSSR count). The van der Waals surface area contributed by atoms with Crippen LogP contribution in [0, 0.1) is 5.41 Å². The molecular formula is C24H52N2O2. The molecule has 0 radical (unpaired) electrons. The van der Waals surface area contributed by atoms with Gasteiger partial charge in [-0.1, -0.05) is 111 Å². The Morgan fingerprint density at radius 2 is 0.964 bits per heavy atom. The van der Waals surface area contributed by atoms with E-state index in [1.54, 1.807) is 0 Å². The number of carboxylic acids is 1. The molecule has 0 saturated carbocycles. The second-order valence-electron chi connectivity index (χ2n) is 8.22. The molecule has 0 atom stereocenters. The van der Waals surface area contributed by atoms with E-state index >= 15 is 0 Å². The molecule has 0 aromatic rings. The predicted molar refractivity (Wildman–Crippen MR) is 124 cm³/mol. The summed E-state index contributed by atoms with van der Waals surface area (Å²) in [5.41, 5.74) is 9.34. The minimum absolute atomic E-state index is 0.461. The fourth-order valence-corrected chi connectivity index (χ4v) is 3.67. The molecule has 170 valence electrons. The van der Waals surface area contributed by atoms with Gasteiger partial charge in [0.2, 0.25) is 0 Å². The van der Waals surface area contributed by atoms with E-state index in [0.29, 0.717) is 13.1 Å². The molecule has 0 unspecified atom stereocenters. The number of aliphatic carboxylic acids is 1. The summed E-state index contributed by atoms with van der Waals surface area (Å²) in [6, 6.07) is 0. The van der Waals surface area contributed by atoms with Gasteiger partial charge in [0.25, 0.3) is 0 Å². The maximum absolute atomic E-state index is 11.4. The number of carbonyl (C=O) groups is 1. The molecule has 0 fully saturated rings. The molecule has 0 aromatic carbocycles. The van der Waals surface area contributed by atoms with Crippen molar-refractivity contribution in [2.45, 2.75) is 130 Å². The highest BCUT2D eigenvalue weighted by molar-refractivity contribution is 5.74. The first kappa shape index (κ1) is 29.6. The van der Waals surface area contributed by atoms with Crippen LogP contribution < -0.4 is 11.5 Å². The van der Waals surface area contributed by atoms with Crippen molar-refractivity contribution in [2.24, 2.45) is 16.9 Å². The van der Waals surface area contributed by atoms with Gasteiger partial charge in [0.15, 0.2) is 0 Å². The van der Waals surface area contributed by atoms with Gasteiger partial charge >= 0.3 is 5.97 Å². The fraction of sp³-hybridized carbons (Fsp3) is 0.958. The van der Waals surface area contributed by atoms with Gasteiger partial charge in [-0.2, -0.15) is 0 Å². The molecule has 0 aliphatic heterocycles. The van der Waals surface area contributed by atoms with Crippen LogP contribution in [0.15, 0.2) is 0 Å². The SMILES string of the molecule is CCCCCCCCCCCCCCCCC(CC)(CC)C(=O)O.NCCN. The van der Waals surface area contributed by atoms with Gasteiger partial charge in [-0.05, 0) is 19.3 Å². The van der Waals surface area contributed by atoms with Crippen LogP contribution in [-0.4, -0.2) is 24.2 Å². The quantitative estimate of drug-likeness (QED) is 0.212. The number of unbranched alkanes of at least 4 members (excludes halogenated alkanes) is 13. The first-order valence-corrected chi connectivity index (χ1v) is 12.2. The zero-order valence-electron chi connectivity index (χ0n) is 19.4. The molecule has 28 heavy (non-hydrogen) atoms. The van der Waals surface area contributed by atoms with Crippen molar-refractivity contribution in [3.63, 3.8) is 0 Å². The molecule has 4 heteroatoms. The zero-order valence-corrected chi connectivity index (χ0v) is 19.4. The maximum atomic E-state index is 11.4. The van der Waals surface area contributed by atoms with Crippen molar-refractivity contribution < 1.29 is 9.90 Å². The number of nitrogens with two attached hydrogens (primary N) is 2. The Morgan fingerprint density at radius 1 is 0.643 bits per heavy atom. The Balaban J connectivity index is 0. The topological polar surface area (TPSA) is 89.3 Å². The van der Waals surface area contributed by atoms with Gasteiger partial charge in [0.05, 0.1) is 5.41 Å². The van der Waals surface area contributed by atoms with E-state index in [2.05, 4.69) is 6.92 Å². The summed E-state index contributed by atoms with van der Waals surface area (Å²) < 4.78 is 0. The highest BCUT2D eigenvalue weighted by Crippen LogP contribution is 2.33. The van der Waals surface area contributed by atoms with Crippen molar-refractivity contribution in [1.82, 2.24) is 0 Å². The zero-order chi connectivity index (χ0) is 21.5. The lowest BCUT2D eigenvalue weighted by Gasteiger charge is -2.26. The minimum Gasteiger partial charge on any atom is -0.481 e. The van der Waals surface area contributed by atoms with Crippen molar-refractivity contribution in [3.05, 3.63) is 0 Å². The third kappa shape index (κ3) is 17.5. The van der Waals surface area contributed by atoms with Gasteiger partial charge in [0, 0.05) is 13.1 Å². The monoisotopic (exact) mass is 400 g/mol. The first-order chi connectivity index (χ1) is 13.5. The lowest BCUT2D eigenvalue weighted by Crippen LogP contribution is -2.29. The van der Waals surface area contributed by atoms with E-state index in [0.717, 1.165) is 25.7 Å². The highest BCUT2D eigenvalue weighted by Gasteiger charge is 2.33. The van der Waals surface area contributed by atoms with E-state index in [-0.39, 0.29) is 0 Å². The Hall–Kier alpha value is -0.610. The molecule has 0 aliphatic carbocycles. The van der Waals surface area contributed by atoms with Crippen molar-refractivity contribution in [3.8, 4) is 0 Å². The largest absolute Gasteiger partial charge is 0.481 e. The predicted octanol–water partition coefficient (Wildman–Crippen LogP) is 6.65. The summed E-state index contributed by atoms with van der Waals surface area (Å²) in [4.78, 5) is 11.4. The molecule has 0 aromatic heterocycles. The van der Waals surface area contributed by atoms with Crippen molar-refractivity contribution in [1.29, 1.82) is 0 Å². The second-order valence-corrected chi connectivity index (χ2v) is 8.22. The molecule has 0 heterocycles. The van der Waals surface area contributed by atoms with Crippen LogP contribution in [0.5, 0.6) is 0 Å². The standard InChI is InChI=1S/C22H44O2.C2H8N2/c1-4-7-8-9-10-11-12-13-14-15-16-17-18-19-20-22(5-2,6-3)21(23)24;3-1-2-4/h4-20H2,1-3H3,(H,23,24);1-4H2. The summed E-state index contributed by atoms with van der Waals surface area (Å²) in [7, 11) is 0. The Morgan fingerprint density at radius 3 is 1.21 bits per heavy atom. The third-order valence-corrected chi connectivity index (χ3v) is 5.98. The van der Waals surface area contributed by atoms with Gasteiger partial charge in [-0.15, -0.1) is 0 Å². The molecule has 0 spiro atoms. The molecular weight excluding hydrogens is 348 g/mol.